The van der Waals surface area contributed by atoms with Crippen molar-refractivity contribution in [2.24, 2.45) is 0 Å². The van der Waals surface area contributed by atoms with E-state index in [1.165, 1.54) is 17.7 Å². The van der Waals surface area contributed by atoms with Crippen molar-refractivity contribution in [3.8, 4) is 5.75 Å². The SMILES string of the molecule is COc1ccc([C@H](CN[C@H]2CCS[C@H]2C)N2CCOCC2)cc1. The van der Waals surface area contributed by atoms with Gasteiger partial charge >= 0.3 is 0 Å². The summed E-state index contributed by atoms with van der Waals surface area (Å²) in [5, 5.41) is 4.54. The second kappa shape index (κ2) is 8.38. The molecule has 23 heavy (non-hydrogen) atoms. The van der Waals surface area contributed by atoms with Crippen LogP contribution in [0.5, 0.6) is 5.75 Å². The predicted octanol–water partition coefficient (Wildman–Crippen LogP) is 2.55. The average molecular weight is 337 g/mol. The van der Waals surface area contributed by atoms with Crippen LogP contribution < -0.4 is 10.1 Å². The van der Waals surface area contributed by atoms with E-state index in [9.17, 15) is 0 Å². The van der Waals surface area contributed by atoms with Crippen molar-refractivity contribution in [2.45, 2.75) is 30.7 Å². The Labute approximate surface area is 143 Å². The van der Waals surface area contributed by atoms with Gasteiger partial charge in [0, 0.05) is 37.0 Å². The van der Waals surface area contributed by atoms with Crippen molar-refractivity contribution >= 4 is 11.8 Å². The Morgan fingerprint density at radius 2 is 2.04 bits per heavy atom. The summed E-state index contributed by atoms with van der Waals surface area (Å²) in [7, 11) is 1.72. The fraction of sp³-hybridized carbons (Fsp3) is 0.667. The molecule has 1 aromatic carbocycles. The zero-order valence-electron chi connectivity index (χ0n) is 14.2. The van der Waals surface area contributed by atoms with E-state index in [2.05, 4.69) is 53.2 Å². The highest BCUT2D eigenvalue weighted by Gasteiger charge is 2.27. The molecular formula is C18H28N2O2S. The van der Waals surface area contributed by atoms with Crippen molar-refractivity contribution in [1.82, 2.24) is 10.2 Å². The van der Waals surface area contributed by atoms with E-state index in [4.69, 9.17) is 9.47 Å². The van der Waals surface area contributed by atoms with Gasteiger partial charge in [-0.3, -0.25) is 4.90 Å². The number of nitrogens with one attached hydrogen (secondary N) is 1. The Morgan fingerprint density at radius 1 is 1.30 bits per heavy atom. The number of hydrogen-bond donors (Lipinski definition) is 1. The Morgan fingerprint density at radius 3 is 2.65 bits per heavy atom. The number of benzene rings is 1. The fourth-order valence-electron chi connectivity index (χ4n) is 3.44. The van der Waals surface area contributed by atoms with Crippen LogP contribution in [0.15, 0.2) is 24.3 Å². The third-order valence-corrected chi connectivity index (χ3v) is 6.26. The summed E-state index contributed by atoms with van der Waals surface area (Å²) in [6.45, 7) is 7.03. The zero-order chi connectivity index (χ0) is 16.1. The van der Waals surface area contributed by atoms with Gasteiger partial charge in [-0.1, -0.05) is 19.1 Å². The molecule has 3 atom stereocenters. The first-order chi connectivity index (χ1) is 11.3. The fourth-order valence-corrected chi connectivity index (χ4v) is 4.66. The maximum absolute atomic E-state index is 5.53. The molecule has 4 nitrogen and oxygen atoms in total. The van der Waals surface area contributed by atoms with Crippen molar-refractivity contribution in [3.05, 3.63) is 29.8 Å². The Bertz CT molecular complexity index is 476. The summed E-state index contributed by atoms with van der Waals surface area (Å²) in [5.41, 5.74) is 1.36. The quantitative estimate of drug-likeness (QED) is 0.863. The number of ether oxygens (including phenoxy) is 2. The zero-order valence-corrected chi connectivity index (χ0v) is 15.0. The molecule has 1 aromatic rings. The number of rotatable bonds is 6. The minimum atomic E-state index is 0.405. The summed E-state index contributed by atoms with van der Waals surface area (Å²) < 4.78 is 10.8. The van der Waals surface area contributed by atoms with Crippen molar-refractivity contribution in [3.63, 3.8) is 0 Å². The van der Waals surface area contributed by atoms with Gasteiger partial charge in [0.15, 0.2) is 0 Å². The first kappa shape index (κ1) is 17.1. The first-order valence-corrected chi connectivity index (χ1v) is 9.63. The summed E-state index contributed by atoms with van der Waals surface area (Å²) in [6.07, 6.45) is 1.28. The third kappa shape index (κ3) is 4.41. The summed E-state index contributed by atoms with van der Waals surface area (Å²) in [6, 6.07) is 9.58. The van der Waals surface area contributed by atoms with Crippen molar-refractivity contribution in [1.29, 1.82) is 0 Å². The van der Waals surface area contributed by atoms with Crippen LogP contribution in [0.2, 0.25) is 0 Å². The molecule has 0 spiro atoms. The number of hydrogen-bond acceptors (Lipinski definition) is 5. The average Bonchev–Trinajstić information content (AvgIpc) is 3.02. The molecule has 2 saturated heterocycles. The highest BCUT2D eigenvalue weighted by Crippen LogP contribution is 2.28. The number of thioether (sulfide) groups is 1. The van der Waals surface area contributed by atoms with E-state index < -0.39 is 0 Å². The smallest absolute Gasteiger partial charge is 0.118 e. The van der Waals surface area contributed by atoms with Gasteiger partial charge in [0.1, 0.15) is 5.75 Å². The van der Waals surface area contributed by atoms with Crippen LogP contribution in [0.4, 0.5) is 0 Å². The molecule has 128 valence electrons. The van der Waals surface area contributed by atoms with E-state index in [1.807, 2.05) is 0 Å². The van der Waals surface area contributed by atoms with Gasteiger partial charge in [-0.25, -0.2) is 0 Å². The highest BCUT2D eigenvalue weighted by molar-refractivity contribution is 8.00. The van der Waals surface area contributed by atoms with Crippen LogP contribution in [-0.2, 0) is 4.74 Å². The Kier molecular flexibility index (Phi) is 6.22. The van der Waals surface area contributed by atoms with Crippen LogP contribution >= 0.6 is 11.8 Å². The second-order valence-electron chi connectivity index (χ2n) is 6.32. The lowest BCUT2D eigenvalue weighted by molar-refractivity contribution is 0.0156. The Hall–Kier alpha value is -0.750. The standard InChI is InChI=1S/C18H28N2O2S/c1-14-17(7-12-23-14)19-13-18(20-8-10-22-11-9-20)15-3-5-16(21-2)6-4-15/h3-6,14,17-19H,7-13H2,1-2H3/t14-,17-,18-/m0/s1. The molecule has 2 aliphatic heterocycles. The second-order valence-corrected chi connectivity index (χ2v) is 7.80. The van der Waals surface area contributed by atoms with E-state index in [-0.39, 0.29) is 0 Å². The highest BCUT2D eigenvalue weighted by atomic mass is 32.2. The molecule has 0 unspecified atom stereocenters. The lowest BCUT2D eigenvalue weighted by Crippen LogP contribution is -2.45. The predicted molar refractivity (Wildman–Crippen MR) is 96.5 cm³/mol. The number of nitrogens with zero attached hydrogens (tertiary/aromatic N) is 1. The third-order valence-electron chi connectivity index (χ3n) is 4.94. The van der Waals surface area contributed by atoms with Gasteiger partial charge < -0.3 is 14.8 Å². The Balaban J connectivity index is 1.69. The normalized spacial score (nSPS) is 27.0. The monoisotopic (exact) mass is 336 g/mol. The molecule has 1 N–H and O–H groups in total. The minimum absolute atomic E-state index is 0.405. The van der Waals surface area contributed by atoms with E-state index in [0.29, 0.717) is 12.1 Å². The molecule has 2 heterocycles. The molecule has 2 fully saturated rings. The maximum atomic E-state index is 5.53. The molecule has 0 bridgehead atoms. The minimum Gasteiger partial charge on any atom is -0.497 e. The number of morpholine rings is 1. The summed E-state index contributed by atoms with van der Waals surface area (Å²) >= 11 is 2.08. The largest absolute Gasteiger partial charge is 0.497 e. The van der Waals surface area contributed by atoms with Crippen LogP contribution in [0.1, 0.15) is 24.9 Å². The van der Waals surface area contributed by atoms with Gasteiger partial charge in [0.2, 0.25) is 0 Å². The summed E-state index contributed by atoms with van der Waals surface area (Å²) in [5.74, 6) is 2.20. The van der Waals surface area contributed by atoms with Crippen LogP contribution in [0.25, 0.3) is 0 Å². The molecule has 5 heteroatoms. The van der Waals surface area contributed by atoms with Crippen LogP contribution in [0.3, 0.4) is 0 Å². The van der Waals surface area contributed by atoms with E-state index >= 15 is 0 Å². The molecular weight excluding hydrogens is 308 g/mol. The first-order valence-electron chi connectivity index (χ1n) is 8.58. The lowest BCUT2D eigenvalue weighted by Gasteiger charge is -2.36. The number of methoxy groups -OCH3 is 1. The molecule has 0 amide bonds. The van der Waals surface area contributed by atoms with Crippen molar-refractivity contribution in [2.75, 3.05) is 45.7 Å². The van der Waals surface area contributed by atoms with Gasteiger partial charge in [-0.15, -0.1) is 0 Å². The van der Waals surface area contributed by atoms with Gasteiger partial charge in [0.05, 0.1) is 20.3 Å². The van der Waals surface area contributed by atoms with Crippen molar-refractivity contribution < 1.29 is 9.47 Å². The van der Waals surface area contributed by atoms with E-state index in [0.717, 1.165) is 43.8 Å². The molecule has 3 rings (SSSR count). The van der Waals surface area contributed by atoms with Crippen LogP contribution in [-0.4, -0.2) is 61.9 Å². The molecule has 0 aliphatic carbocycles. The molecule has 0 saturated carbocycles. The van der Waals surface area contributed by atoms with Crippen LogP contribution in [0, 0.1) is 0 Å². The molecule has 2 aliphatic rings. The molecule has 0 radical (unpaired) electrons. The van der Waals surface area contributed by atoms with Gasteiger partial charge in [-0.05, 0) is 29.9 Å². The summed E-state index contributed by atoms with van der Waals surface area (Å²) in [4.78, 5) is 2.55. The van der Waals surface area contributed by atoms with E-state index in [1.54, 1.807) is 7.11 Å². The van der Waals surface area contributed by atoms with Gasteiger partial charge in [0.25, 0.3) is 0 Å². The topological polar surface area (TPSA) is 33.7 Å². The lowest BCUT2D eigenvalue weighted by atomic mass is 10.0. The van der Waals surface area contributed by atoms with Gasteiger partial charge in [-0.2, -0.15) is 11.8 Å². The molecule has 0 aromatic heterocycles. The maximum Gasteiger partial charge on any atom is 0.118 e.